The van der Waals surface area contributed by atoms with Crippen LogP contribution in [0.1, 0.15) is 15.9 Å². The van der Waals surface area contributed by atoms with Gasteiger partial charge in [0.2, 0.25) is 5.91 Å². The number of carbonyl (C=O) groups is 2. The van der Waals surface area contributed by atoms with Gasteiger partial charge < -0.3 is 4.57 Å². The van der Waals surface area contributed by atoms with Crippen LogP contribution in [0.2, 0.25) is 0 Å². The zero-order chi connectivity index (χ0) is 23.8. The molecule has 0 bridgehead atoms. The van der Waals surface area contributed by atoms with Gasteiger partial charge in [0.15, 0.2) is 11.0 Å². The number of nitrogens with zero attached hydrogens (tertiary/aromatic N) is 3. The monoisotopic (exact) mass is 475 g/mol. The average Bonchev–Trinajstić information content (AvgIpc) is 3.28. The highest BCUT2D eigenvalue weighted by Crippen LogP contribution is 2.26. The molecule has 0 saturated carbocycles. The molecule has 0 fully saturated rings. The summed E-state index contributed by atoms with van der Waals surface area (Å²) in [5.74, 6) is -0.815. The molecule has 172 valence electrons. The first-order valence-electron chi connectivity index (χ1n) is 10.6. The van der Waals surface area contributed by atoms with Crippen molar-refractivity contribution < 1.29 is 14.0 Å². The van der Waals surface area contributed by atoms with Gasteiger partial charge in [0, 0.05) is 12.1 Å². The van der Waals surface area contributed by atoms with Crippen LogP contribution in [-0.4, -0.2) is 32.3 Å². The van der Waals surface area contributed by atoms with Crippen LogP contribution in [-0.2, 0) is 17.8 Å². The van der Waals surface area contributed by atoms with Crippen LogP contribution in [0.4, 0.5) is 4.39 Å². The molecule has 0 atom stereocenters. The predicted octanol–water partition coefficient (Wildman–Crippen LogP) is 3.88. The largest absolute Gasteiger partial charge is 0.302 e. The number of aryl methyl sites for hydroxylation is 1. The quantitative estimate of drug-likeness (QED) is 0.298. The SMILES string of the molecule is O=C(CSc1nnc(-c2ccccc2F)n1CCc1ccccc1)NNC(=O)c1ccccc1. The molecule has 0 radical (unpaired) electrons. The molecule has 0 aliphatic heterocycles. The lowest BCUT2D eigenvalue weighted by Crippen LogP contribution is -2.42. The van der Waals surface area contributed by atoms with Crippen LogP contribution < -0.4 is 10.9 Å². The lowest BCUT2D eigenvalue weighted by Gasteiger charge is -2.11. The Hall–Kier alpha value is -3.98. The van der Waals surface area contributed by atoms with Gasteiger partial charge in [0.1, 0.15) is 5.82 Å². The van der Waals surface area contributed by atoms with Crippen molar-refractivity contribution in [3.05, 3.63) is 102 Å². The highest BCUT2D eigenvalue weighted by atomic mass is 32.2. The lowest BCUT2D eigenvalue weighted by atomic mass is 10.1. The van der Waals surface area contributed by atoms with Gasteiger partial charge in [-0.25, -0.2) is 4.39 Å². The topological polar surface area (TPSA) is 88.9 Å². The fraction of sp³-hybridized carbons (Fsp3) is 0.120. The molecular formula is C25H22FN5O2S. The minimum atomic E-state index is -0.410. The molecule has 2 amide bonds. The van der Waals surface area contributed by atoms with Crippen molar-refractivity contribution in [3.8, 4) is 11.4 Å². The first kappa shape index (κ1) is 23.2. The van der Waals surface area contributed by atoms with E-state index in [1.165, 1.54) is 6.07 Å². The molecule has 1 heterocycles. The zero-order valence-electron chi connectivity index (χ0n) is 18.1. The van der Waals surface area contributed by atoms with E-state index in [0.717, 1.165) is 17.3 Å². The normalized spacial score (nSPS) is 10.6. The summed E-state index contributed by atoms with van der Waals surface area (Å²) in [4.78, 5) is 24.4. The Bertz CT molecular complexity index is 1260. The van der Waals surface area contributed by atoms with E-state index in [9.17, 15) is 14.0 Å². The third-order valence-electron chi connectivity index (χ3n) is 4.98. The first-order valence-corrected chi connectivity index (χ1v) is 11.6. The van der Waals surface area contributed by atoms with Crippen LogP contribution in [0, 0.1) is 5.82 Å². The lowest BCUT2D eigenvalue weighted by molar-refractivity contribution is -0.119. The van der Waals surface area contributed by atoms with Crippen molar-refractivity contribution >= 4 is 23.6 Å². The highest BCUT2D eigenvalue weighted by molar-refractivity contribution is 7.99. The zero-order valence-corrected chi connectivity index (χ0v) is 19.0. The Labute approximate surface area is 200 Å². The number of halogens is 1. The average molecular weight is 476 g/mol. The van der Waals surface area contributed by atoms with Crippen LogP contribution in [0.15, 0.2) is 90.1 Å². The first-order chi connectivity index (χ1) is 16.6. The Morgan fingerprint density at radius 1 is 0.853 bits per heavy atom. The van der Waals surface area contributed by atoms with Crippen molar-refractivity contribution in [1.29, 1.82) is 0 Å². The molecule has 4 rings (SSSR count). The molecule has 7 nitrogen and oxygen atoms in total. The minimum absolute atomic E-state index is 0.00415. The minimum Gasteiger partial charge on any atom is -0.302 e. The maximum absolute atomic E-state index is 14.5. The Morgan fingerprint density at radius 3 is 2.26 bits per heavy atom. The Balaban J connectivity index is 1.44. The van der Waals surface area contributed by atoms with Gasteiger partial charge in [-0.15, -0.1) is 10.2 Å². The highest BCUT2D eigenvalue weighted by Gasteiger charge is 2.18. The van der Waals surface area contributed by atoms with Crippen LogP contribution in [0.25, 0.3) is 11.4 Å². The maximum atomic E-state index is 14.5. The number of amides is 2. The van der Waals surface area contributed by atoms with E-state index in [1.807, 2.05) is 34.9 Å². The predicted molar refractivity (Wildman–Crippen MR) is 128 cm³/mol. The van der Waals surface area contributed by atoms with E-state index < -0.39 is 17.6 Å². The van der Waals surface area contributed by atoms with E-state index in [-0.39, 0.29) is 5.75 Å². The number of rotatable bonds is 8. The molecular weight excluding hydrogens is 453 g/mol. The molecule has 4 aromatic rings. The number of hydrazine groups is 1. The van der Waals surface area contributed by atoms with Crippen molar-refractivity contribution in [2.45, 2.75) is 18.1 Å². The van der Waals surface area contributed by atoms with Crippen molar-refractivity contribution in [2.24, 2.45) is 0 Å². The fourth-order valence-electron chi connectivity index (χ4n) is 3.28. The number of benzene rings is 3. The molecule has 0 aliphatic carbocycles. The summed E-state index contributed by atoms with van der Waals surface area (Å²) >= 11 is 1.16. The summed E-state index contributed by atoms with van der Waals surface area (Å²) in [6.07, 6.45) is 0.688. The number of hydrogen-bond donors (Lipinski definition) is 2. The summed E-state index contributed by atoms with van der Waals surface area (Å²) in [5, 5.41) is 8.89. The molecule has 0 aliphatic rings. The van der Waals surface area contributed by atoms with Crippen molar-refractivity contribution in [1.82, 2.24) is 25.6 Å². The molecule has 9 heteroatoms. The van der Waals surface area contributed by atoms with Crippen molar-refractivity contribution in [2.75, 3.05) is 5.75 Å². The second kappa shape index (κ2) is 11.2. The number of aromatic nitrogens is 3. The van der Waals surface area contributed by atoms with Crippen LogP contribution in [0.3, 0.4) is 0 Å². The summed E-state index contributed by atoms with van der Waals surface area (Å²) in [6.45, 7) is 0.509. The fourth-order valence-corrected chi connectivity index (χ4v) is 4.04. The third-order valence-corrected chi connectivity index (χ3v) is 5.95. The van der Waals surface area contributed by atoms with Gasteiger partial charge in [-0.05, 0) is 36.2 Å². The smallest absolute Gasteiger partial charge is 0.269 e. The van der Waals surface area contributed by atoms with E-state index in [0.29, 0.717) is 35.1 Å². The van der Waals surface area contributed by atoms with Gasteiger partial charge in [-0.1, -0.05) is 72.4 Å². The summed E-state index contributed by atoms with van der Waals surface area (Å²) in [7, 11) is 0. The van der Waals surface area contributed by atoms with Crippen LogP contribution >= 0.6 is 11.8 Å². The van der Waals surface area contributed by atoms with Crippen LogP contribution in [0.5, 0.6) is 0 Å². The molecule has 34 heavy (non-hydrogen) atoms. The van der Waals surface area contributed by atoms with E-state index in [1.54, 1.807) is 48.5 Å². The van der Waals surface area contributed by atoms with E-state index in [2.05, 4.69) is 21.0 Å². The number of nitrogens with one attached hydrogen (secondary N) is 2. The summed E-state index contributed by atoms with van der Waals surface area (Å²) < 4.78 is 16.3. The maximum Gasteiger partial charge on any atom is 0.269 e. The molecule has 3 aromatic carbocycles. The second-order valence-electron chi connectivity index (χ2n) is 7.33. The standard InChI is InChI=1S/C25H22FN5O2S/c26-21-14-8-7-13-20(21)23-28-30-25(31(23)16-15-18-9-3-1-4-10-18)34-17-22(32)27-29-24(33)19-11-5-2-6-12-19/h1-14H,15-17H2,(H,27,32)(H,29,33). The van der Waals surface area contributed by atoms with E-state index >= 15 is 0 Å². The number of hydrogen-bond acceptors (Lipinski definition) is 5. The van der Waals surface area contributed by atoms with Gasteiger partial charge in [0.05, 0.1) is 11.3 Å². The number of thioether (sulfide) groups is 1. The summed E-state index contributed by atoms with van der Waals surface area (Å²) in [6, 6.07) is 24.9. The van der Waals surface area contributed by atoms with Gasteiger partial charge in [-0.3, -0.25) is 20.4 Å². The van der Waals surface area contributed by atoms with E-state index in [4.69, 9.17) is 0 Å². The molecule has 0 saturated heterocycles. The molecule has 2 N–H and O–H groups in total. The Morgan fingerprint density at radius 2 is 1.53 bits per heavy atom. The van der Waals surface area contributed by atoms with Gasteiger partial charge >= 0.3 is 0 Å². The summed E-state index contributed by atoms with van der Waals surface area (Å²) in [5.41, 5.74) is 6.69. The molecule has 1 aromatic heterocycles. The molecule has 0 unspecified atom stereocenters. The number of carbonyl (C=O) groups excluding carboxylic acids is 2. The Kier molecular flexibility index (Phi) is 7.67. The third kappa shape index (κ3) is 5.87. The van der Waals surface area contributed by atoms with Gasteiger partial charge in [0.25, 0.3) is 5.91 Å². The van der Waals surface area contributed by atoms with Crippen molar-refractivity contribution in [3.63, 3.8) is 0 Å². The molecule has 0 spiro atoms. The second-order valence-corrected chi connectivity index (χ2v) is 8.27. The van der Waals surface area contributed by atoms with Gasteiger partial charge in [-0.2, -0.15) is 0 Å².